The minimum Gasteiger partial charge on any atom is -0.294 e. The van der Waals surface area contributed by atoms with E-state index in [4.69, 9.17) is 23.2 Å². The minimum atomic E-state index is 0.0885. The summed E-state index contributed by atoms with van der Waals surface area (Å²) in [5, 5.41) is 0. The molecule has 0 aromatic carbocycles. The smallest absolute Gasteiger partial charge is 0.165 e. The van der Waals surface area contributed by atoms with E-state index in [0.29, 0.717) is 15.1 Å². The van der Waals surface area contributed by atoms with Gasteiger partial charge >= 0.3 is 0 Å². The largest absolute Gasteiger partial charge is 0.294 e. The Morgan fingerprint density at radius 1 is 1.37 bits per heavy atom. The molecule has 2 aromatic heterocycles. The Morgan fingerprint density at radius 2 is 2.16 bits per heavy atom. The lowest BCUT2D eigenvalue weighted by molar-refractivity contribution is 0.0962. The molecule has 0 aliphatic heterocycles. The first kappa shape index (κ1) is 13.1. The molecule has 3 rings (SSSR count). The molecule has 98 valence electrons. The standard InChI is InChI=1S/C14H11Cl2NOS/c1-7-2-3-17-10-4-8(5-11(18)13(7)10)9-6-12(15)19-14(9)16/h2-3,6,8H,4-5H2,1H3/t8-/m1/s1. The molecule has 0 fully saturated rings. The number of carbonyl (C=O) groups excluding carboxylic acids is 1. The summed E-state index contributed by atoms with van der Waals surface area (Å²) in [6.45, 7) is 1.95. The van der Waals surface area contributed by atoms with Crippen molar-refractivity contribution in [1.29, 1.82) is 0 Å². The molecule has 0 saturated carbocycles. The van der Waals surface area contributed by atoms with Crippen LogP contribution in [0.1, 0.15) is 39.5 Å². The number of aryl methyl sites for hydroxylation is 1. The molecule has 1 atom stereocenters. The van der Waals surface area contributed by atoms with E-state index < -0.39 is 0 Å². The molecular weight excluding hydrogens is 301 g/mol. The molecule has 1 aliphatic carbocycles. The van der Waals surface area contributed by atoms with Gasteiger partial charge in [0, 0.05) is 18.2 Å². The van der Waals surface area contributed by atoms with Gasteiger partial charge < -0.3 is 0 Å². The first-order valence-corrected chi connectivity index (χ1v) is 7.56. The molecular formula is C14H11Cl2NOS. The molecule has 0 amide bonds. The van der Waals surface area contributed by atoms with Gasteiger partial charge in [-0.2, -0.15) is 0 Å². The number of ketones is 1. The van der Waals surface area contributed by atoms with Crippen molar-refractivity contribution in [3.63, 3.8) is 0 Å². The monoisotopic (exact) mass is 311 g/mol. The second-order valence-corrected chi connectivity index (χ2v) is 7.04. The van der Waals surface area contributed by atoms with Crippen LogP contribution < -0.4 is 0 Å². The molecule has 0 bridgehead atoms. The Kier molecular flexibility index (Phi) is 3.37. The number of halogens is 2. The van der Waals surface area contributed by atoms with Gasteiger partial charge in [0.2, 0.25) is 0 Å². The van der Waals surface area contributed by atoms with E-state index >= 15 is 0 Å². The third-order valence-electron chi connectivity index (χ3n) is 3.51. The summed E-state index contributed by atoms with van der Waals surface area (Å²) in [5.74, 6) is 0.237. The average Bonchev–Trinajstić information content (AvgIpc) is 2.68. The van der Waals surface area contributed by atoms with E-state index in [0.717, 1.165) is 28.8 Å². The lowest BCUT2D eigenvalue weighted by Crippen LogP contribution is -2.21. The van der Waals surface area contributed by atoms with Crippen molar-refractivity contribution in [3.05, 3.63) is 49.4 Å². The van der Waals surface area contributed by atoms with E-state index in [2.05, 4.69) is 4.98 Å². The van der Waals surface area contributed by atoms with Crippen LogP contribution >= 0.6 is 34.5 Å². The molecule has 19 heavy (non-hydrogen) atoms. The highest BCUT2D eigenvalue weighted by atomic mass is 35.5. The number of fused-ring (bicyclic) bond motifs is 1. The summed E-state index contributed by atoms with van der Waals surface area (Å²) in [4.78, 5) is 16.6. The maximum atomic E-state index is 12.3. The summed E-state index contributed by atoms with van der Waals surface area (Å²) in [6.07, 6.45) is 2.98. The van der Waals surface area contributed by atoms with Crippen molar-refractivity contribution < 1.29 is 4.79 Å². The van der Waals surface area contributed by atoms with Crippen LogP contribution in [0.25, 0.3) is 0 Å². The van der Waals surface area contributed by atoms with E-state index in [1.807, 2.05) is 19.1 Å². The number of aromatic nitrogens is 1. The van der Waals surface area contributed by atoms with Crippen molar-refractivity contribution in [2.45, 2.75) is 25.7 Å². The summed E-state index contributed by atoms with van der Waals surface area (Å²) >= 11 is 13.5. The Hall–Kier alpha value is -0.900. The lowest BCUT2D eigenvalue weighted by Gasteiger charge is -2.23. The maximum Gasteiger partial charge on any atom is 0.165 e. The van der Waals surface area contributed by atoms with E-state index in [-0.39, 0.29) is 11.7 Å². The fourth-order valence-corrected chi connectivity index (χ4v) is 4.26. The van der Waals surface area contributed by atoms with Crippen LogP contribution in [-0.2, 0) is 6.42 Å². The van der Waals surface area contributed by atoms with Crippen LogP contribution in [0.15, 0.2) is 18.3 Å². The lowest BCUT2D eigenvalue weighted by atomic mass is 9.81. The van der Waals surface area contributed by atoms with Gasteiger partial charge in [-0.3, -0.25) is 9.78 Å². The van der Waals surface area contributed by atoms with Gasteiger partial charge in [0.25, 0.3) is 0 Å². The molecule has 0 spiro atoms. The second-order valence-electron chi connectivity index (χ2n) is 4.76. The summed E-state index contributed by atoms with van der Waals surface area (Å²) < 4.78 is 1.34. The number of hydrogen-bond acceptors (Lipinski definition) is 3. The summed E-state index contributed by atoms with van der Waals surface area (Å²) in [6, 6.07) is 3.75. The van der Waals surface area contributed by atoms with Crippen LogP contribution in [0.5, 0.6) is 0 Å². The van der Waals surface area contributed by atoms with Gasteiger partial charge in [-0.15, -0.1) is 11.3 Å². The van der Waals surface area contributed by atoms with Gasteiger partial charge in [0.1, 0.15) is 0 Å². The van der Waals surface area contributed by atoms with Crippen molar-refractivity contribution >= 4 is 40.3 Å². The van der Waals surface area contributed by atoms with Crippen molar-refractivity contribution in [2.24, 2.45) is 0 Å². The average molecular weight is 312 g/mol. The van der Waals surface area contributed by atoms with Gasteiger partial charge in [0.15, 0.2) is 5.78 Å². The van der Waals surface area contributed by atoms with Crippen molar-refractivity contribution in [3.8, 4) is 0 Å². The number of rotatable bonds is 1. The summed E-state index contributed by atoms with van der Waals surface area (Å²) in [7, 11) is 0. The SMILES string of the molecule is Cc1ccnc2c1C(=O)C[C@H](c1cc(Cl)sc1Cl)C2. The zero-order chi connectivity index (χ0) is 13.6. The molecule has 0 saturated heterocycles. The van der Waals surface area contributed by atoms with Crippen LogP contribution in [0.3, 0.4) is 0 Å². The number of nitrogens with zero attached hydrogens (tertiary/aromatic N) is 1. The molecule has 0 unspecified atom stereocenters. The highest BCUT2D eigenvalue weighted by Crippen LogP contribution is 2.41. The van der Waals surface area contributed by atoms with Crippen LogP contribution in [0.2, 0.25) is 8.67 Å². The van der Waals surface area contributed by atoms with Gasteiger partial charge in [-0.25, -0.2) is 0 Å². The number of Topliss-reactive ketones (excluding diaryl/α,β-unsaturated/α-hetero) is 1. The molecule has 0 N–H and O–H groups in total. The molecule has 0 radical (unpaired) electrons. The third-order valence-corrected chi connectivity index (χ3v) is 5.03. The molecule has 5 heteroatoms. The Morgan fingerprint density at radius 3 is 2.84 bits per heavy atom. The topological polar surface area (TPSA) is 30.0 Å². The summed E-state index contributed by atoms with van der Waals surface area (Å²) in [5.41, 5.74) is 3.64. The number of thiophene rings is 1. The van der Waals surface area contributed by atoms with E-state index in [1.54, 1.807) is 6.20 Å². The molecule has 1 aliphatic rings. The maximum absolute atomic E-state index is 12.3. The first-order chi connectivity index (χ1) is 9.06. The minimum absolute atomic E-state index is 0.0885. The number of pyridine rings is 1. The molecule has 2 nitrogen and oxygen atoms in total. The van der Waals surface area contributed by atoms with E-state index in [1.165, 1.54) is 11.3 Å². The van der Waals surface area contributed by atoms with E-state index in [9.17, 15) is 4.79 Å². The Labute approximate surface area is 125 Å². The third kappa shape index (κ3) is 2.31. The zero-order valence-corrected chi connectivity index (χ0v) is 12.6. The highest BCUT2D eigenvalue weighted by molar-refractivity contribution is 7.20. The normalized spacial score (nSPS) is 18.5. The van der Waals surface area contributed by atoms with Crippen molar-refractivity contribution in [2.75, 3.05) is 0 Å². The quantitative estimate of drug-likeness (QED) is 0.766. The van der Waals surface area contributed by atoms with Gasteiger partial charge in [-0.1, -0.05) is 23.2 Å². The predicted octanol–water partition coefficient (Wildman–Crippen LogP) is 4.67. The Balaban J connectivity index is 2.02. The Bertz CT molecular complexity index is 665. The van der Waals surface area contributed by atoms with Crippen LogP contribution in [0.4, 0.5) is 0 Å². The van der Waals surface area contributed by atoms with Crippen LogP contribution in [0, 0.1) is 6.92 Å². The zero-order valence-electron chi connectivity index (χ0n) is 10.2. The highest BCUT2D eigenvalue weighted by Gasteiger charge is 2.30. The number of hydrogen-bond donors (Lipinski definition) is 0. The second kappa shape index (κ2) is 4.89. The van der Waals surface area contributed by atoms with Crippen molar-refractivity contribution in [1.82, 2.24) is 4.98 Å². The van der Waals surface area contributed by atoms with Gasteiger partial charge in [-0.05, 0) is 42.5 Å². The molecule has 2 heterocycles. The van der Waals surface area contributed by atoms with Gasteiger partial charge in [0.05, 0.1) is 14.4 Å². The molecule has 2 aromatic rings. The van der Waals surface area contributed by atoms with Crippen LogP contribution in [-0.4, -0.2) is 10.8 Å². The predicted molar refractivity (Wildman–Crippen MR) is 78.7 cm³/mol. The number of carbonyl (C=O) groups is 1. The fourth-order valence-electron chi connectivity index (χ4n) is 2.63. The fraction of sp³-hybridized carbons (Fsp3) is 0.286. The first-order valence-electron chi connectivity index (χ1n) is 5.98.